The normalized spacial score (nSPS) is 15.3. The molecule has 0 amide bonds. The number of fused-ring (bicyclic) bond motifs is 2. The van der Waals surface area contributed by atoms with Crippen molar-refractivity contribution >= 4 is 38.2 Å². The first kappa shape index (κ1) is 15.4. The van der Waals surface area contributed by atoms with Crippen LogP contribution in [0.1, 0.15) is 0 Å². The van der Waals surface area contributed by atoms with Crippen LogP contribution < -0.4 is 9.80 Å². The standard InChI is InChI=1S/C16H13F2N7S/c17-10-7-11(18)13-12(8-10)26-16(21-13)24-5-3-23(4-6-24)14-15-22-20-9-25(15)2-1-19-14/h1-2,7-9H,3-6H2. The Morgan fingerprint density at radius 3 is 2.69 bits per heavy atom. The largest absolute Gasteiger partial charge is 0.350 e. The Labute approximate surface area is 150 Å². The molecule has 0 N–H and O–H groups in total. The fraction of sp³-hybridized carbons (Fsp3) is 0.250. The molecule has 4 heterocycles. The third-order valence-corrected chi connectivity index (χ3v) is 5.51. The van der Waals surface area contributed by atoms with Crippen molar-refractivity contribution in [2.45, 2.75) is 0 Å². The lowest BCUT2D eigenvalue weighted by atomic mass is 10.3. The molecule has 0 aliphatic carbocycles. The molecule has 0 bridgehead atoms. The van der Waals surface area contributed by atoms with Gasteiger partial charge in [-0.1, -0.05) is 11.3 Å². The van der Waals surface area contributed by atoms with Crippen LogP contribution in [-0.4, -0.2) is 50.7 Å². The van der Waals surface area contributed by atoms with E-state index in [0.717, 1.165) is 30.6 Å². The molecular formula is C16H13F2N7S. The Morgan fingerprint density at radius 1 is 1.04 bits per heavy atom. The van der Waals surface area contributed by atoms with Gasteiger partial charge in [0.25, 0.3) is 0 Å². The highest BCUT2D eigenvalue weighted by atomic mass is 32.1. The van der Waals surface area contributed by atoms with Gasteiger partial charge in [0.1, 0.15) is 17.7 Å². The van der Waals surface area contributed by atoms with Gasteiger partial charge in [0.15, 0.2) is 16.8 Å². The summed E-state index contributed by atoms with van der Waals surface area (Å²) in [6, 6.07) is 2.19. The summed E-state index contributed by atoms with van der Waals surface area (Å²) in [4.78, 5) is 13.0. The van der Waals surface area contributed by atoms with Crippen LogP contribution in [0.4, 0.5) is 19.7 Å². The number of anilines is 2. The Balaban J connectivity index is 1.39. The zero-order valence-corrected chi connectivity index (χ0v) is 14.3. The van der Waals surface area contributed by atoms with Crippen LogP contribution in [0, 0.1) is 11.6 Å². The molecule has 1 aliphatic heterocycles. The first-order valence-electron chi connectivity index (χ1n) is 8.09. The number of nitrogens with zero attached hydrogens (tertiary/aromatic N) is 7. The van der Waals surface area contributed by atoms with Crippen LogP contribution in [0.3, 0.4) is 0 Å². The zero-order chi connectivity index (χ0) is 17.7. The zero-order valence-electron chi connectivity index (χ0n) is 13.5. The van der Waals surface area contributed by atoms with E-state index in [-0.39, 0.29) is 5.52 Å². The van der Waals surface area contributed by atoms with E-state index in [1.54, 1.807) is 12.5 Å². The molecule has 1 aliphatic rings. The van der Waals surface area contributed by atoms with Crippen molar-refractivity contribution in [3.63, 3.8) is 0 Å². The molecular weight excluding hydrogens is 360 g/mol. The number of hydrogen-bond donors (Lipinski definition) is 0. The maximum atomic E-state index is 13.9. The van der Waals surface area contributed by atoms with Gasteiger partial charge in [-0.3, -0.25) is 4.40 Å². The summed E-state index contributed by atoms with van der Waals surface area (Å²) < 4.78 is 29.6. The molecule has 1 saturated heterocycles. The SMILES string of the molecule is Fc1cc(F)c2nc(N3CCN(c4nccn5cnnc45)CC3)sc2c1. The van der Waals surface area contributed by atoms with Crippen molar-refractivity contribution in [2.24, 2.45) is 0 Å². The lowest BCUT2D eigenvalue weighted by molar-refractivity contribution is 0.591. The molecule has 4 aromatic rings. The van der Waals surface area contributed by atoms with E-state index in [0.29, 0.717) is 22.9 Å². The van der Waals surface area contributed by atoms with Gasteiger partial charge in [-0.2, -0.15) is 0 Å². The second kappa shape index (κ2) is 5.84. The fourth-order valence-electron chi connectivity index (χ4n) is 3.16. The molecule has 26 heavy (non-hydrogen) atoms. The summed E-state index contributed by atoms with van der Waals surface area (Å²) in [7, 11) is 0. The lowest BCUT2D eigenvalue weighted by Crippen LogP contribution is -2.47. The molecule has 10 heteroatoms. The monoisotopic (exact) mass is 373 g/mol. The first-order valence-corrected chi connectivity index (χ1v) is 8.90. The maximum Gasteiger partial charge on any atom is 0.203 e. The Hall–Kier alpha value is -2.88. The average molecular weight is 373 g/mol. The van der Waals surface area contributed by atoms with Crippen molar-refractivity contribution in [3.05, 3.63) is 42.5 Å². The number of aromatic nitrogens is 5. The summed E-state index contributed by atoms with van der Waals surface area (Å²) in [5, 5.41) is 8.75. The number of rotatable bonds is 2. The molecule has 7 nitrogen and oxygen atoms in total. The van der Waals surface area contributed by atoms with Gasteiger partial charge < -0.3 is 9.80 Å². The maximum absolute atomic E-state index is 13.9. The molecule has 0 atom stereocenters. The summed E-state index contributed by atoms with van der Waals surface area (Å²) in [5.74, 6) is -0.409. The van der Waals surface area contributed by atoms with Crippen LogP contribution in [-0.2, 0) is 0 Å². The number of halogens is 2. The van der Waals surface area contributed by atoms with E-state index in [1.165, 1.54) is 17.4 Å². The highest BCUT2D eigenvalue weighted by Crippen LogP contribution is 2.32. The van der Waals surface area contributed by atoms with Gasteiger partial charge in [-0.15, -0.1) is 10.2 Å². The Kier molecular flexibility index (Phi) is 3.45. The molecule has 0 unspecified atom stereocenters. The van der Waals surface area contributed by atoms with Crippen molar-refractivity contribution < 1.29 is 8.78 Å². The summed E-state index contributed by atoms with van der Waals surface area (Å²) in [6.07, 6.45) is 5.18. The highest BCUT2D eigenvalue weighted by Gasteiger charge is 2.23. The topological polar surface area (TPSA) is 62.5 Å². The predicted molar refractivity (Wildman–Crippen MR) is 94.7 cm³/mol. The van der Waals surface area contributed by atoms with Crippen LogP contribution in [0.2, 0.25) is 0 Å². The number of benzene rings is 1. The van der Waals surface area contributed by atoms with E-state index < -0.39 is 11.6 Å². The molecule has 1 fully saturated rings. The second-order valence-electron chi connectivity index (χ2n) is 6.02. The molecule has 0 saturated carbocycles. The number of thiazole rings is 1. The van der Waals surface area contributed by atoms with Crippen molar-refractivity contribution in [1.82, 2.24) is 24.6 Å². The van der Waals surface area contributed by atoms with Crippen LogP contribution in [0.25, 0.3) is 15.9 Å². The first-order chi connectivity index (χ1) is 12.7. The Bertz CT molecular complexity index is 1100. The molecule has 1 aromatic carbocycles. The van der Waals surface area contributed by atoms with E-state index >= 15 is 0 Å². The molecule has 0 radical (unpaired) electrons. The smallest absolute Gasteiger partial charge is 0.203 e. The predicted octanol–water partition coefficient (Wildman–Crippen LogP) is 2.34. The summed E-state index contributed by atoms with van der Waals surface area (Å²) >= 11 is 1.31. The van der Waals surface area contributed by atoms with Gasteiger partial charge in [-0.05, 0) is 6.07 Å². The van der Waals surface area contributed by atoms with Crippen LogP contribution >= 0.6 is 11.3 Å². The third-order valence-electron chi connectivity index (χ3n) is 4.45. The van der Waals surface area contributed by atoms with Crippen molar-refractivity contribution in [3.8, 4) is 0 Å². The number of hydrogen-bond acceptors (Lipinski definition) is 7. The molecule has 5 rings (SSSR count). The summed E-state index contributed by atoms with van der Waals surface area (Å²) in [6.45, 7) is 2.88. The lowest BCUT2D eigenvalue weighted by Gasteiger charge is -2.35. The van der Waals surface area contributed by atoms with Crippen LogP contribution in [0.5, 0.6) is 0 Å². The van der Waals surface area contributed by atoms with E-state index in [9.17, 15) is 8.78 Å². The second-order valence-corrected chi connectivity index (χ2v) is 7.03. The molecule has 3 aromatic heterocycles. The van der Waals surface area contributed by atoms with Gasteiger partial charge in [0, 0.05) is 44.6 Å². The molecule has 0 spiro atoms. The highest BCUT2D eigenvalue weighted by molar-refractivity contribution is 7.22. The quantitative estimate of drug-likeness (QED) is 0.538. The summed E-state index contributed by atoms with van der Waals surface area (Å²) in [5.41, 5.74) is 0.946. The minimum absolute atomic E-state index is 0.226. The van der Waals surface area contributed by atoms with Crippen LogP contribution in [0.15, 0.2) is 30.9 Å². The minimum Gasteiger partial charge on any atom is -0.350 e. The third kappa shape index (κ3) is 2.45. The van der Waals surface area contributed by atoms with E-state index in [1.807, 2.05) is 10.6 Å². The number of piperazine rings is 1. The van der Waals surface area contributed by atoms with Gasteiger partial charge in [0.05, 0.1) is 4.70 Å². The van der Waals surface area contributed by atoms with E-state index in [4.69, 9.17) is 0 Å². The average Bonchev–Trinajstić information content (AvgIpc) is 3.28. The molecule has 132 valence electrons. The van der Waals surface area contributed by atoms with E-state index in [2.05, 4.69) is 30.0 Å². The van der Waals surface area contributed by atoms with Gasteiger partial charge in [-0.25, -0.2) is 18.7 Å². The van der Waals surface area contributed by atoms with Gasteiger partial charge >= 0.3 is 0 Å². The van der Waals surface area contributed by atoms with Crippen molar-refractivity contribution in [2.75, 3.05) is 36.0 Å². The fourth-order valence-corrected chi connectivity index (χ4v) is 4.22. The van der Waals surface area contributed by atoms with Gasteiger partial charge in [0.2, 0.25) is 5.65 Å². The minimum atomic E-state index is -0.621. The Morgan fingerprint density at radius 2 is 1.85 bits per heavy atom. The van der Waals surface area contributed by atoms with Crippen molar-refractivity contribution in [1.29, 1.82) is 0 Å².